The zero-order valence-corrected chi connectivity index (χ0v) is 25.2. The van der Waals surface area contributed by atoms with Gasteiger partial charge in [0, 0.05) is 63.8 Å². The van der Waals surface area contributed by atoms with Gasteiger partial charge in [0.1, 0.15) is 12.4 Å². The summed E-state index contributed by atoms with van der Waals surface area (Å²) in [6.45, 7) is 6.30. The van der Waals surface area contributed by atoms with Crippen LogP contribution in [0, 0.1) is 17.1 Å². The fraction of sp³-hybridized carbons (Fsp3) is 0.353. The summed E-state index contributed by atoms with van der Waals surface area (Å²) in [6.07, 6.45) is 7.65. The van der Waals surface area contributed by atoms with Gasteiger partial charge in [-0.1, -0.05) is 30.3 Å². The first-order valence-corrected chi connectivity index (χ1v) is 15.4. The number of nitrogens with zero attached hydrogens (tertiary/aromatic N) is 6. The summed E-state index contributed by atoms with van der Waals surface area (Å²) < 4.78 is 22.7. The van der Waals surface area contributed by atoms with Crippen LogP contribution in [0.5, 0.6) is 5.88 Å². The number of benzene rings is 2. The molecule has 0 bridgehead atoms. The highest BCUT2D eigenvalue weighted by Crippen LogP contribution is 2.46. The number of nitriles is 1. The van der Waals surface area contributed by atoms with Crippen LogP contribution >= 0.6 is 11.6 Å². The van der Waals surface area contributed by atoms with Gasteiger partial charge in [-0.3, -0.25) is 9.78 Å². The molecular formula is C34H32ClFN6O2. The predicted octanol–water partition coefficient (Wildman–Crippen LogP) is 5.76. The number of ether oxygens (including phenoxy) is 1. The van der Waals surface area contributed by atoms with E-state index in [-0.39, 0.29) is 30.5 Å². The second kappa shape index (κ2) is 11.3. The van der Waals surface area contributed by atoms with Gasteiger partial charge in [0.15, 0.2) is 0 Å². The summed E-state index contributed by atoms with van der Waals surface area (Å²) in [6, 6.07) is 11.4. The molecule has 3 aliphatic rings. The summed E-state index contributed by atoms with van der Waals surface area (Å²) >= 11 is 6.61. The topological polar surface area (TPSA) is 85.6 Å². The highest BCUT2D eigenvalue weighted by Gasteiger charge is 2.49. The van der Waals surface area contributed by atoms with Gasteiger partial charge in [-0.25, -0.2) is 9.37 Å². The molecule has 2 aromatic carbocycles. The lowest BCUT2D eigenvalue weighted by atomic mass is 9.92. The summed E-state index contributed by atoms with van der Waals surface area (Å²) in [4.78, 5) is 28.1. The number of aromatic nitrogens is 2. The van der Waals surface area contributed by atoms with Crippen molar-refractivity contribution in [1.82, 2.24) is 19.8 Å². The average molecular weight is 611 g/mol. The Labute approximate surface area is 260 Å². The van der Waals surface area contributed by atoms with Gasteiger partial charge in [-0.05, 0) is 57.1 Å². The van der Waals surface area contributed by atoms with Crippen LogP contribution in [0.2, 0.25) is 5.02 Å². The number of carbonyl (C=O) groups excluding carboxylic acids is 1. The molecule has 8 nitrogen and oxygen atoms in total. The van der Waals surface area contributed by atoms with Crippen molar-refractivity contribution in [2.45, 2.75) is 43.8 Å². The molecule has 4 aromatic rings. The number of hydrogen-bond acceptors (Lipinski definition) is 7. The van der Waals surface area contributed by atoms with Crippen molar-refractivity contribution < 1.29 is 13.9 Å². The fourth-order valence-corrected chi connectivity index (χ4v) is 7.49. The van der Waals surface area contributed by atoms with Crippen molar-refractivity contribution >= 4 is 44.9 Å². The number of likely N-dealkylation sites (tertiary alicyclic amines) is 2. The highest BCUT2D eigenvalue weighted by atomic mass is 35.5. The Morgan fingerprint density at radius 2 is 2.09 bits per heavy atom. The smallest absolute Gasteiger partial charge is 0.246 e. The van der Waals surface area contributed by atoms with Crippen LogP contribution < -0.4 is 9.64 Å². The zero-order chi connectivity index (χ0) is 30.5. The number of carbonyl (C=O) groups is 1. The predicted molar refractivity (Wildman–Crippen MR) is 169 cm³/mol. The standard InChI is InChI=1S/C34H32ClFN6O2/c1-3-31(43)41-13-10-29-30(41)18-42(29)33-22(9-11-37)34(44-19-21-7-5-12-40(21)2)39-28-15-23(27(36)14-24(28)33)25-17-38-16-20-6-4-8-26(35)32(20)25/h3-4,6,8,14-17,21,29-30H,1,5,7,9-10,12-13,18-19H2,2H3/t21?,29-,30-/m1/s1. The van der Waals surface area contributed by atoms with E-state index < -0.39 is 5.82 Å². The maximum atomic E-state index is 16.2. The van der Waals surface area contributed by atoms with Crippen LogP contribution in [0.25, 0.3) is 32.8 Å². The van der Waals surface area contributed by atoms with Crippen LogP contribution in [0.15, 0.2) is 55.4 Å². The molecule has 1 amide bonds. The number of halogens is 2. The second-order valence-electron chi connectivity index (χ2n) is 11.9. The molecule has 3 saturated heterocycles. The van der Waals surface area contributed by atoms with E-state index >= 15 is 4.39 Å². The van der Waals surface area contributed by atoms with Crippen LogP contribution in [0.1, 0.15) is 24.8 Å². The maximum absolute atomic E-state index is 16.2. The Balaban J connectivity index is 1.39. The number of anilines is 1. The Morgan fingerprint density at radius 1 is 1.23 bits per heavy atom. The second-order valence-corrected chi connectivity index (χ2v) is 12.3. The molecule has 5 heterocycles. The molecule has 3 aliphatic heterocycles. The molecule has 3 fully saturated rings. The van der Waals surface area contributed by atoms with Gasteiger partial charge in [0.2, 0.25) is 11.8 Å². The summed E-state index contributed by atoms with van der Waals surface area (Å²) in [5.41, 5.74) is 2.86. The number of hydrogen-bond donors (Lipinski definition) is 0. The van der Waals surface area contributed by atoms with Crippen molar-refractivity contribution in [3.05, 3.63) is 71.8 Å². The summed E-state index contributed by atoms with van der Waals surface area (Å²) in [5, 5.41) is 12.6. The van der Waals surface area contributed by atoms with E-state index in [2.05, 4.69) is 34.5 Å². The van der Waals surface area contributed by atoms with Crippen molar-refractivity contribution in [3.63, 3.8) is 0 Å². The molecule has 0 aliphatic carbocycles. The third-order valence-corrected chi connectivity index (χ3v) is 9.82. The monoisotopic (exact) mass is 610 g/mol. The lowest BCUT2D eigenvalue weighted by molar-refractivity contribution is -0.127. The Kier molecular flexibility index (Phi) is 7.35. The molecule has 1 unspecified atom stereocenters. The summed E-state index contributed by atoms with van der Waals surface area (Å²) in [7, 11) is 2.09. The first-order chi connectivity index (χ1) is 21.4. The molecule has 0 spiro atoms. The largest absolute Gasteiger partial charge is 0.476 e. The van der Waals surface area contributed by atoms with Crippen molar-refractivity contribution in [1.29, 1.82) is 5.26 Å². The van der Waals surface area contributed by atoms with Crippen LogP contribution in [-0.2, 0) is 11.2 Å². The fourth-order valence-electron chi connectivity index (χ4n) is 7.20. The molecule has 10 heteroatoms. The molecule has 7 rings (SSSR count). The molecule has 44 heavy (non-hydrogen) atoms. The van der Waals surface area contributed by atoms with Crippen LogP contribution in [-0.4, -0.2) is 77.1 Å². The van der Waals surface area contributed by atoms with E-state index in [0.29, 0.717) is 63.6 Å². The maximum Gasteiger partial charge on any atom is 0.246 e. The van der Waals surface area contributed by atoms with E-state index in [1.165, 1.54) is 12.1 Å². The van der Waals surface area contributed by atoms with Gasteiger partial charge in [-0.2, -0.15) is 5.26 Å². The van der Waals surface area contributed by atoms with Gasteiger partial charge >= 0.3 is 0 Å². The number of rotatable bonds is 7. The van der Waals surface area contributed by atoms with E-state index in [9.17, 15) is 10.1 Å². The van der Waals surface area contributed by atoms with Crippen LogP contribution in [0.3, 0.4) is 0 Å². The lowest BCUT2D eigenvalue weighted by Crippen LogP contribution is -2.63. The lowest BCUT2D eigenvalue weighted by Gasteiger charge is -2.49. The number of amides is 1. The third-order valence-electron chi connectivity index (χ3n) is 9.51. The number of fused-ring (bicyclic) bond motifs is 3. The normalized spacial score (nSPS) is 21.4. The zero-order valence-electron chi connectivity index (χ0n) is 24.5. The third kappa shape index (κ3) is 4.64. The van der Waals surface area contributed by atoms with E-state index in [4.69, 9.17) is 21.3 Å². The molecule has 0 radical (unpaired) electrons. The summed E-state index contributed by atoms with van der Waals surface area (Å²) in [5.74, 6) is -0.135. The Bertz CT molecular complexity index is 1850. The average Bonchev–Trinajstić information content (AvgIpc) is 3.58. The minimum atomic E-state index is -0.439. The molecule has 0 saturated carbocycles. The van der Waals surface area contributed by atoms with E-state index in [1.807, 2.05) is 17.0 Å². The SMILES string of the molecule is C=CC(=O)N1CC[C@@H]2[C@H]1CN2c1c(CC#N)c(OCC2CCCN2C)nc2cc(-c3cncc4cccc(Cl)c34)c(F)cc12. The quantitative estimate of drug-likeness (QED) is 0.246. The Hall–Kier alpha value is -4.26. The van der Waals surface area contributed by atoms with Gasteiger partial charge in [0.05, 0.1) is 41.3 Å². The van der Waals surface area contributed by atoms with Crippen LogP contribution in [0.4, 0.5) is 10.1 Å². The van der Waals surface area contributed by atoms with Crippen molar-refractivity contribution in [3.8, 4) is 23.1 Å². The minimum Gasteiger partial charge on any atom is -0.476 e. The first-order valence-electron chi connectivity index (χ1n) is 15.0. The number of pyridine rings is 2. The Morgan fingerprint density at radius 3 is 2.86 bits per heavy atom. The molecule has 3 atom stereocenters. The molecule has 224 valence electrons. The number of likely N-dealkylation sites (N-methyl/N-ethyl adjacent to an activating group) is 1. The van der Waals surface area contributed by atoms with Crippen molar-refractivity contribution in [2.75, 3.05) is 38.2 Å². The van der Waals surface area contributed by atoms with Crippen molar-refractivity contribution in [2.24, 2.45) is 0 Å². The molecule has 2 aromatic heterocycles. The van der Waals surface area contributed by atoms with Gasteiger partial charge in [-0.15, -0.1) is 0 Å². The molecule has 0 N–H and O–H groups in total. The van der Waals surface area contributed by atoms with E-state index in [1.54, 1.807) is 24.5 Å². The molecular weight excluding hydrogens is 579 g/mol. The van der Waals surface area contributed by atoms with Gasteiger partial charge in [0.25, 0.3) is 0 Å². The highest BCUT2D eigenvalue weighted by molar-refractivity contribution is 6.36. The van der Waals surface area contributed by atoms with Gasteiger partial charge < -0.3 is 19.4 Å². The minimum absolute atomic E-state index is 0.0307. The first kappa shape index (κ1) is 28.5. The van der Waals surface area contributed by atoms with E-state index in [0.717, 1.165) is 36.9 Å².